The Balaban J connectivity index is 2.30. The summed E-state index contributed by atoms with van der Waals surface area (Å²) in [6.45, 7) is 8.51. The first kappa shape index (κ1) is 20.9. The highest BCUT2D eigenvalue weighted by atomic mass is 32.1. The predicted molar refractivity (Wildman–Crippen MR) is 110 cm³/mol. The molecule has 27 heavy (non-hydrogen) atoms. The monoisotopic (exact) mass is 389 g/mol. The molecular weight excluding hydrogens is 362 g/mol. The van der Waals surface area contributed by atoms with Gasteiger partial charge in [-0.3, -0.25) is 4.79 Å². The predicted octanol–water partition coefficient (Wildman–Crippen LogP) is 3.37. The first-order valence-electron chi connectivity index (χ1n) is 9.05. The molecule has 1 aliphatic rings. The number of amides is 1. The summed E-state index contributed by atoms with van der Waals surface area (Å²) in [6.07, 6.45) is 0.474. The Labute approximate surface area is 166 Å². The van der Waals surface area contributed by atoms with Crippen molar-refractivity contribution in [3.8, 4) is 0 Å². The number of carbonyl (C=O) groups is 2. The van der Waals surface area contributed by atoms with E-state index in [1.807, 2.05) is 56.9 Å². The Morgan fingerprint density at radius 1 is 1.30 bits per heavy atom. The number of anilines is 1. The van der Waals surface area contributed by atoms with Crippen LogP contribution in [0.3, 0.4) is 0 Å². The Kier molecular flexibility index (Phi) is 6.96. The van der Waals surface area contributed by atoms with Crippen LogP contribution in [-0.4, -0.2) is 35.5 Å². The largest absolute Gasteiger partial charge is 0.466 e. The van der Waals surface area contributed by atoms with Gasteiger partial charge in [-0.2, -0.15) is 0 Å². The van der Waals surface area contributed by atoms with Crippen LogP contribution in [0.15, 0.2) is 35.5 Å². The van der Waals surface area contributed by atoms with Crippen molar-refractivity contribution in [2.45, 2.75) is 40.2 Å². The van der Waals surface area contributed by atoms with Gasteiger partial charge in [-0.05, 0) is 49.7 Å². The van der Waals surface area contributed by atoms with Crippen LogP contribution in [0, 0.1) is 5.92 Å². The smallest absolute Gasteiger partial charge is 0.337 e. The molecule has 2 N–H and O–H groups in total. The molecule has 0 radical (unpaired) electrons. The first-order chi connectivity index (χ1) is 12.8. The number of allylic oxidation sites excluding steroid dienone is 1. The molecule has 7 heteroatoms. The van der Waals surface area contributed by atoms with Crippen molar-refractivity contribution in [1.82, 2.24) is 10.2 Å². The third-order valence-corrected chi connectivity index (χ3v) is 4.78. The number of hydrogen-bond donors (Lipinski definition) is 2. The van der Waals surface area contributed by atoms with E-state index < -0.39 is 6.04 Å². The number of carbonyl (C=O) groups excluding carboxylic acids is 2. The van der Waals surface area contributed by atoms with Crippen molar-refractivity contribution in [3.63, 3.8) is 0 Å². The Hall–Kier alpha value is -2.41. The molecule has 2 rings (SSSR count). The van der Waals surface area contributed by atoms with E-state index in [2.05, 4.69) is 10.6 Å². The van der Waals surface area contributed by atoms with Gasteiger partial charge in [-0.25, -0.2) is 4.79 Å². The Morgan fingerprint density at radius 3 is 2.44 bits per heavy atom. The van der Waals surface area contributed by atoms with Crippen molar-refractivity contribution in [2.24, 2.45) is 5.92 Å². The van der Waals surface area contributed by atoms with Crippen LogP contribution in [0.25, 0.3) is 0 Å². The average molecular weight is 390 g/mol. The maximum atomic E-state index is 12.4. The molecule has 6 nitrogen and oxygen atoms in total. The van der Waals surface area contributed by atoms with E-state index in [1.165, 1.54) is 7.11 Å². The SMILES string of the molecule is CCN1C(=S)NC(c2ccc(NC(=O)CC(C)C)cc2)C(C(=O)OC)=C1C. The quantitative estimate of drug-likeness (QED) is 0.574. The minimum atomic E-state index is -0.395. The zero-order valence-electron chi connectivity index (χ0n) is 16.5. The maximum Gasteiger partial charge on any atom is 0.337 e. The summed E-state index contributed by atoms with van der Waals surface area (Å²) in [5, 5.41) is 6.68. The van der Waals surface area contributed by atoms with Gasteiger partial charge in [0, 0.05) is 24.4 Å². The maximum absolute atomic E-state index is 12.4. The Bertz CT molecular complexity index is 756. The van der Waals surface area contributed by atoms with Crippen molar-refractivity contribution in [1.29, 1.82) is 0 Å². The van der Waals surface area contributed by atoms with E-state index in [0.717, 1.165) is 16.9 Å². The standard InChI is InChI=1S/C20H27N3O3S/c1-6-23-13(4)17(19(25)26-5)18(22-20(23)27)14-7-9-15(10-8-14)21-16(24)11-12(2)3/h7-10,12,18H,6,11H2,1-5H3,(H,21,24)(H,22,27). The highest BCUT2D eigenvalue weighted by Gasteiger charge is 2.33. The molecule has 1 atom stereocenters. The molecule has 1 aliphatic heterocycles. The summed E-state index contributed by atoms with van der Waals surface area (Å²) in [5.41, 5.74) is 2.91. The van der Waals surface area contributed by atoms with Gasteiger partial charge in [0.25, 0.3) is 0 Å². The van der Waals surface area contributed by atoms with E-state index >= 15 is 0 Å². The van der Waals surface area contributed by atoms with Crippen LogP contribution in [0.1, 0.15) is 45.7 Å². The second kappa shape index (κ2) is 8.99. The van der Waals surface area contributed by atoms with E-state index in [1.54, 1.807) is 0 Å². The van der Waals surface area contributed by atoms with Gasteiger partial charge in [0.15, 0.2) is 5.11 Å². The second-order valence-electron chi connectivity index (χ2n) is 6.89. The number of benzene rings is 1. The third-order valence-electron chi connectivity index (χ3n) is 4.44. The summed E-state index contributed by atoms with van der Waals surface area (Å²) in [4.78, 5) is 26.2. The number of methoxy groups -OCH3 is 1. The molecular formula is C20H27N3O3S. The van der Waals surface area contributed by atoms with Gasteiger partial charge >= 0.3 is 5.97 Å². The van der Waals surface area contributed by atoms with Gasteiger partial charge in [0.1, 0.15) is 0 Å². The van der Waals surface area contributed by atoms with Crippen molar-refractivity contribution < 1.29 is 14.3 Å². The molecule has 1 heterocycles. The fourth-order valence-corrected chi connectivity index (χ4v) is 3.51. The summed E-state index contributed by atoms with van der Waals surface area (Å²) in [6, 6.07) is 7.02. The first-order valence-corrected chi connectivity index (χ1v) is 9.46. The molecule has 1 aromatic rings. The number of thiocarbonyl (C=S) groups is 1. The van der Waals surface area contributed by atoms with E-state index in [4.69, 9.17) is 17.0 Å². The molecule has 0 aliphatic carbocycles. The van der Waals surface area contributed by atoms with E-state index in [-0.39, 0.29) is 11.9 Å². The molecule has 0 spiro atoms. The molecule has 1 unspecified atom stereocenters. The van der Waals surface area contributed by atoms with Crippen LogP contribution < -0.4 is 10.6 Å². The topological polar surface area (TPSA) is 70.7 Å². The van der Waals surface area contributed by atoms with Crippen molar-refractivity contribution in [2.75, 3.05) is 19.0 Å². The summed E-state index contributed by atoms with van der Waals surface area (Å²) < 4.78 is 4.99. The summed E-state index contributed by atoms with van der Waals surface area (Å²) >= 11 is 5.45. The lowest BCUT2D eigenvalue weighted by molar-refractivity contribution is -0.136. The number of nitrogens with zero attached hydrogens (tertiary/aromatic N) is 1. The van der Waals surface area contributed by atoms with Crippen LogP contribution in [0.2, 0.25) is 0 Å². The second-order valence-corrected chi connectivity index (χ2v) is 7.27. The molecule has 0 saturated carbocycles. The molecule has 0 aromatic heterocycles. The number of nitrogens with one attached hydrogen (secondary N) is 2. The van der Waals surface area contributed by atoms with Gasteiger partial charge in [-0.1, -0.05) is 26.0 Å². The van der Waals surface area contributed by atoms with E-state index in [9.17, 15) is 9.59 Å². The third kappa shape index (κ3) is 4.86. The molecule has 1 aromatic carbocycles. The van der Waals surface area contributed by atoms with Crippen LogP contribution in [0.5, 0.6) is 0 Å². The van der Waals surface area contributed by atoms with Gasteiger partial charge in [0.05, 0.1) is 18.7 Å². The number of esters is 1. The van der Waals surface area contributed by atoms with Gasteiger partial charge in [-0.15, -0.1) is 0 Å². The van der Waals surface area contributed by atoms with Gasteiger partial charge in [0.2, 0.25) is 5.91 Å². The van der Waals surface area contributed by atoms with Crippen LogP contribution in [0.4, 0.5) is 5.69 Å². The number of ether oxygens (including phenoxy) is 1. The lowest BCUT2D eigenvalue weighted by Gasteiger charge is -2.36. The number of hydrogen-bond acceptors (Lipinski definition) is 4. The molecule has 0 bridgehead atoms. The normalized spacial score (nSPS) is 17.0. The summed E-state index contributed by atoms with van der Waals surface area (Å²) in [7, 11) is 1.37. The van der Waals surface area contributed by atoms with Gasteiger partial charge < -0.3 is 20.3 Å². The van der Waals surface area contributed by atoms with Crippen LogP contribution >= 0.6 is 12.2 Å². The lowest BCUT2D eigenvalue weighted by atomic mass is 9.95. The highest BCUT2D eigenvalue weighted by Crippen LogP contribution is 2.31. The van der Waals surface area contributed by atoms with Crippen molar-refractivity contribution >= 4 is 34.9 Å². The van der Waals surface area contributed by atoms with E-state index in [0.29, 0.717) is 29.6 Å². The molecule has 0 saturated heterocycles. The number of rotatable bonds is 6. The molecule has 0 fully saturated rings. The minimum Gasteiger partial charge on any atom is -0.466 e. The Morgan fingerprint density at radius 2 is 1.93 bits per heavy atom. The summed E-state index contributed by atoms with van der Waals surface area (Å²) in [5.74, 6) is -0.103. The highest BCUT2D eigenvalue weighted by molar-refractivity contribution is 7.80. The average Bonchev–Trinajstić information content (AvgIpc) is 2.61. The molecule has 146 valence electrons. The fourth-order valence-electron chi connectivity index (χ4n) is 3.13. The zero-order valence-corrected chi connectivity index (χ0v) is 17.3. The van der Waals surface area contributed by atoms with Crippen molar-refractivity contribution in [3.05, 3.63) is 41.1 Å². The zero-order chi connectivity index (χ0) is 20.1. The minimum absolute atomic E-state index is 0.0145. The fraction of sp³-hybridized carbons (Fsp3) is 0.450. The van der Waals surface area contributed by atoms with Crippen LogP contribution in [-0.2, 0) is 14.3 Å². The molecule has 1 amide bonds. The lowest BCUT2D eigenvalue weighted by Crippen LogP contribution is -2.47.